The molecule has 6 nitrogen and oxygen atoms in total. The van der Waals surface area contributed by atoms with Crippen LogP contribution in [0.1, 0.15) is 60.5 Å². The van der Waals surface area contributed by atoms with E-state index in [4.69, 9.17) is 0 Å². The van der Waals surface area contributed by atoms with Crippen molar-refractivity contribution in [3.05, 3.63) is 33.7 Å². The minimum absolute atomic E-state index is 0.136. The third-order valence-electron chi connectivity index (χ3n) is 7.15. The fourth-order valence-corrected chi connectivity index (χ4v) is 5.81. The van der Waals surface area contributed by atoms with E-state index in [9.17, 15) is 14.7 Å². The van der Waals surface area contributed by atoms with Crippen LogP contribution < -0.4 is 5.56 Å². The molecule has 27 heavy (non-hydrogen) atoms. The summed E-state index contributed by atoms with van der Waals surface area (Å²) in [6.07, 6.45) is 6.64. The third kappa shape index (κ3) is 3.03. The first kappa shape index (κ1) is 17.4. The number of likely N-dealkylation sites (tertiary alicyclic amines) is 2. The molecule has 3 aliphatic heterocycles. The molecule has 1 aromatic heterocycles. The average molecular weight is 371 g/mol. The van der Waals surface area contributed by atoms with Gasteiger partial charge in [-0.25, -0.2) is 0 Å². The summed E-state index contributed by atoms with van der Waals surface area (Å²) in [6, 6.07) is 4.48. The molecule has 2 bridgehead atoms. The minimum Gasteiger partial charge on any atom is -0.391 e. The van der Waals surface area contributed by atoms with Crippen LogP contribution in [0.2, 0.25) is 0 Å². The van der Waals surface area contributed by atoms with Crippen LogP contribution >= 0.6 is 0 Å². The molecule has 0 aromatic carbocycles. The second kappa shape index (κ2) is 6.74. The highest BCUT2D eigenvalue weighted by Crippen LogP contribution is 2.38. The number of aromatic nitrogens is 1. The molecule has 3 atom stereocenters. The van der Waals surface area contributed by atoms with Gasteiger partial charge < -0.3 is 14.6 Å². The van der Waals surface area contributed by atoms with Crippen molar-refractivity contribution < 1.29 is 9.90 Å². The number of carbonyl (C=O) groups excluding carboxylic acids is 1. The van der Waals surface area contributed by atoms with Gasteiger partial charge in [-0.15, -0.1) is 0 Å². The zero-order chi connectivity index (χ0) is 18.5. The number of aliphatic hydroxyl groups excluding tert-OH is 1. The number of hydrogen-bond donors (Lipinski definition) is 1. The van der Waals surface area contributed by atoms with Crippen LogP contribution in [0, 0.1) is 5.92 Å². The highest BCUT2D eigenvalue weighted by atomic mass is 16.3. The second-order valence-corrected chi connectivity index (χ2v) is 8.97. The molecule has 0 unspecified atom stereocenters. The third-order valence-corrected chi connectivity index (χ3v) is 7.15. The second-order valence-electron chi connectivity index (χ2n) is 8.97. The maximum Gasteiger partial charge on any atom is 0.263 e. The van der Waals surface area contributed by atoms with Crippen LogP contribution in [0.25, 0.3) is 0 Å². The number of piperidine rings is 1. The molecule has 4 aliphatic rings. The number of carbonyl (C=O) groups is 1. The Morgan fingerprint density at radius 1 is 1.04 bits per heavy atom. The van der Waals surface area contributed by atoms with Gasteiger partial charge in [-0.05, 0) is 43.7 Å². The Balaban J connectivity index is 1.41. The first-order valence-corrected chi connectivity index (χ1v) is 10.6. The van der Waals surface area contributed by atoms with Crippen LogP contribution in [0.3, 0.4) is 0 Å². The van der Waals surface area contributed by atoms with Gasteiger partial charge in [-0.2, -0.15) is 0 Å². The summed E-state index contributed by atoms with van der Waals surface area (Å²) in [5.74, 6) is 0.687. The van der Waals surface area contributed by atoms with E-state index >= 15 is 0 Å². The highest BCUT2D eigenvalue weighted by Gasteiger charge is 2.38. The summed E-state index contributed by atoms with van der Waals surface area (Å²) >= 11 is 0. The molecular formula is C21H29N3O3. The van der Waals surface area contributed by atoms with Crippen LogP contribution in [0.5, 0.6) is 0 Å². The number of β-amino-alcohol motifs (C(OH)–C–C–N with tert-alkyl or cyclic N) is 1. The van der Waals surface area contributed by atoms with Crippen molar-refractivity contribution in [1.29, 1.82) is 0 Å². The van der Waals surface area contributed by atoms with E-state index in [1.807, 2.05) is 10.6 Å². The van der Waals surface area contributed by atoms with Crippen molar-refractivity contribution in [2.75, 3.05) is 26.2 Å². The van der Waals surface area contributed by atoms with Gasteiger partial charge >= 0.3 is 0 Å². The first-order valence-electron chi connectivity index (χ1n) is 10.6. The molecule has 1 aliphatic carbocycles. The maximum absolute atomic E-state index is 13.1. The van der Waals surface area contributed by atoms with Gasteiger partial charge in [0.25, 0.3) is 11.5 Å². The number of rotatable bonds is 2. The van der Waals surface area contributed by atoms with E-state index in [0.29, 0.717) is 31.3 Å². The maximum atomic E-state index is 13.1. The van der Waals surface area contributed by atoms with E-state index in [-0.39, 0.29) is 17.0 Å². The van der Waals surface area contributed by atoms with Crippen molar-refractivity contribution in [2.45, 2.75) is 63.1 Å². The molecular weight excluding hydrogens is 342 g/mol. The Hall–Kier alpha value is -1.66. The molecule has 1 aromatic rings. The summed E-state index contributed by atoms with van der Waals surface area (Å²) in [5.41, 5.74) is 1.24. The molecule has 1 amide bonds. The number of aliphatic hydroxyl groups is 1. The van der Waals surface area contributed by atoms with Crippen molar-refractivity contribution in [3.63, 3.8) is 0 Å². The molecule has 1 N–H and O–H groups in total. The van der Waals surface area contributed by atoms with E-state index in [1.165, 1.54) is 25.7 Å². The van der Waals surface area contributed by atoms with Gasteiger partial charge in [0, 0.05) is 50.4 Å². The fourth-order valence-electron chi connectivity index (χ4n) is 5.81. The monoisotopic (exact) mass is 371 g/mol. The average Bonchev–Trinajstić information content (AvgIpc) is 3.34. The predicted molar refractivity (Wildman–Crippen MR) is 102 cm³/mol. The smallest absolute Gasteiger partial charge is 0.263 e. The van der Waals surface area contributed by atoms with Gasteiger partial charge in [0.1, 0.15) is 5.56 Å². The minimum atomic E-state index is -0.463. The van der Waals surface area contributed by atoms with E-state index in [2.05, 4.69) is 4.90 Å². The Labute approximate surface area is 159 Å². The number of nitrogens with zero attached hydrogens (tertiary/aromatic N) is 3. The van der Waals surface area contributed by atoms with E-state index in [0.717, 1.165) is 37.8 Å². The molecule has 2 saturated heterocycles. The molecule has 0 spiro atoms. The Kier molecular flexibility index (Phi) is 4.36. The quantitative estimate of drug-likeness (QED) is 0.854. The van der Waals surface area contributed by atoms with Gasteiger partial charge in [-0.1, -0.05) is 12.8 Å². The lowest BCUT2D eigenvalue weighted by atomic mass is 9.82. The van der Waals surface area contributed by atoms with Crippen molar-refractivity contribution in [1.82, 2.24) is 14.4 Å². The van der Waals surface area contributed by atoms with Crippen LogP contribution in [0.4, 0.5) is 0 Å². The summed E-state index contributed by atoms with van der Waals surface area (Å²) < 4.78 is 1.88. The lowest BCUT2D eigenvalue weighted by molar-refractivity contribution is 0.0752. The summed E-state index contributed by atoms with van der Waals surface area (Å²) in [6.45, 7) is 3.73. The van der Waals surface area contributed by atoms with Crippen LogP contribution in [-0.2, 0) is 6.54 Å². The largest absolute Gasteiger partial charge is 0.391 e. The number of pyridine rings is 1. The van der Waals surface area contributed by atoms with Crippen LogP contribution in [-0.4, -0.2) is 63.7 Å². The summed E-state index contributed by atoms with van der Waals surface area (Å²) in [7, 11) is 0. The van der Waals surface area contributed by atoms with Crippen molar-refractivity contribution in [2.24, 2.45) is 5.92 Å². The van der Waals surface area contributed by atoms with Gasteiger partial charge in [0.05, 0.1) is 6.10 Å². The van der Waals surface area contributed by atoms with Crippen LogP contribution in [0.15, 0.2) is 16.9 Å². The van der Waals surface area contributed by atoms with Crippen molar-refractivity contribution in [3.8, 4) is 0 Å². The molecule has 5 rings (SSSR count). The summed E-state index contributed by atoms with van der Waals surface area (Å²) in [5, 5.41) is 9.70. The zero-order valence-corrected chi connectivity index (χ0v) is 15.8. The van der Waals surface area contributed by atoms with Gasteiger partial charge in [0.15, 0.2) is 0 Å². The molecule has 3 fully saturated rings. The SMILES string of the molecule is O=C(c1ccc2n(c1=O)C[C@H]1C[C@@H]2CN(C2CCCC2)C1)N1CC[C@H](O)C1. The molecule has 4 heterocycles. The Morgan fingerprint density at radius 2 is 1.85 bits per heavy atom. The fraction of sp³-hybridized carbons (Fsp3) is 0.714. The molecule has 0 radical (unpaired) electrons. The van der Waals surface area contributed by atoms with E-state index < -0.39 is 6.10 Å². The predicted octanol–water partition coefficient (Wildman–Crippen LogP) is 1.42. The van der Waals surface area contributed by atoms with Gasteiger partial charge in [-0.3, -0.25) is 14.5 Å². The Morgan fingerprint density at radius 3 is 2.59 bits per heavy atom. The topological polar surface area (TPSA) is 65.8 Å². The number of fused-ring (bicyclic) bond motifs is 4. The highest BCUT2D eigenvalue weighted by molar-refractivity contribution is 5.94. The lowest BCUT2D eigenvalue weighted by Crippen LogP contribution is -2.50. The zero-order valence-electron chi connectivity index (χ0n) is 15.8. The Bertz CT molecular complexity index is 798. The normalized spacial score (nSPS) is 31.3. The molecule has 146 valence electrons. The molecule has 6 heteroatoms. The lowest BCUT2D eigenvalue weighted by Gasteiger charge is -2.45. The summed E-state index contributed by atoms with van der Waals surface area (Å²) in [4.78, 5) is 30.1. The molecule has 1 saturated carbocycles. The number of hydrogen-bond acceptors (Lipinski definition) is 4. The standard InChI is InChI=1S/C21H29N3O3/c25-17-7-8-22(13-17)20(26)18-5-6-19-15-9-14(11-24(19)21(18)27)10-23(12-15)16-3-1-2-4-16/h5-6,14-17,25H,1-4,7-13H2/t14-,15+,17-/m0/s1. The van der Waals surface area contributed by atoms with E-state index in [1.54, 1.807) is 11.0 Å². The number of amides is 1. The van der Waals surface area contributed by atoms with Gasteiger partial charge in [0.2, 0.25) is 0 Å². The first-order chi connectivity index (χ1) is 13.1. The van der Waals surface area contributed by atoms with Crippen molar-refractivity contribution >= 4 is 5.91 Å².